The molecule has 0 saturated heterocycles. The molecule has 1 N–H and O–H groups in total. The second-order valence-corrected chi connectivity index (χ2v) is 6.44. The van der Waals surface area contributed by atoms with Gasteiger partial charge in [0.15, 0.2) is 0 Å². The predicted molar refractivity (Wildman–Crippen MR) is 89.0 cm³/mol. The highest BCUT2D eigenvalue weighted by Crippen LogP contribution is 2.51. The second-order valence-electron chi connectivity index (χ2n) is 6.04. The Kier molecular flexibility index (Phi) is 3.04. The predicted octanol–water partition coefficient (Wildman–Crippen LogP) is 5.47. The Morgan fingerprint density at radius 3 is 2.71 bits per heavy atom. The first-order valence-corrected chi connectivity index (χ1v) is 7.90. The Morgan fingerprint density at radius 1 is 1.05 bits per heavy atom. The number of hydrogen-bond donors (Lipinski definition) is 1. The SMILES string of the molecule is Cc1cccc2c1N[C@H](c1ccccc1Cl)[C@@H]1CC=C[C@H]21. The monoisotopic (exact) mass is 295 g/mol. The van der Waals surface area contributed by atoms with Gasteiger partial charge < -0.3 is 5.32 Å². The van der Waals surface area contributed by atoms with Gasteiger partial charge in [-0.1, -0.05) is 60.2 Å². The molecule has 2 aromatic carbocycles. The quantitative estimate of drug-likeness (QED) is 0.687. The molecule has 0 aromatic heterocycles. The fraction of sp³-hybridized carbons (Fsp3) is 0.263. The van der Waals surface area contributed by atoms with Crippen molar-refractivity contribution in [2.75, 3.05) is 5.32 Å². The number of halogens is 1. The highest BCUT2D eigenvalue weighted by Gasteiger charge is 2.38. The lowest BCUT2D eigenvalue weighted by atomic mass is 9.76. The van der Waals surface area contributed by atoms with Crippen LogP contribution in [0.4, 0.5) is 5.69 Å². The molecule has 0 saturated carbocycles. The van der Waals surface area contributed by atoms with Crippen molar-refractivity contribution in [2.24, 2.45) is 5.92 Å². The van der Waals surface area contributed by atoms with Gasteiger partial charge in [-0.2, -0.15) is 0 Å². The van der Waals surface area contributed by atoms with E-state index in [0.717, 1.165) is 11.4 Å². The van der Waals surface area contributed by atoms with Crippen molar-refractivity contribution in [2.45, 2.75) is 25.3 Å². The molecule has 0 spiro atoms. The molecule has 0 fully saturated rings. The first kappa shape index (κ1) is 13.0. The van der Waals surface area contributed by atoms with Crippen LogP contribution in [0.3, 0.4) is 0 Å². The normalized spacial score (nSPS) is 26.1. The molecule has 1 heterocycles. The van der Waals surface area contributed by atoms with Gasteiger partial charge >= 0.3 is 0 Å². The number of anilines is 1. The number of benzene rings is 2. The van der Waals surface area contributed by atoms with Crippen molar-refractivity contribution in [3.8, 4) is 0 Å². The van der Waals surface area contributed by atoms with Gasteiger partial charge in [-0.15, -0.1) is 0 Å². The van der Waals surface area contributed by atoms with E-state index in [4.69, 9.17) is 11.6 Å². The molecule has 0 radical (unpaired) electrons. The fourth-order valence-electron chi connectivity index (χ4n) is 3.81. The standard InChI is InChI=1S/C19H18ClN/c1-12-6-4-9-14-13-8-5-10-15(13)19(21-18(12)14)16-7-2-3-11-17(16)20/h2-9,11,13,15,19,21H,10H2,1H3/t13-,15-,19+/m1/s1. The summed E-state index contributed by atoms with van der Waals surface area (Å²) in [6, 6.07) is 15.1. The maximum absolute atomic E-state index is 6.45. The Bertz CT molecular complexity index is 719. The number of hydrogen-bond acceptors (Lipinski definition) is 1. The molecule has 0 bridgehead atoms. The lowest BCUT2D eigenvalue weighted by molar-refractivity contribution is 0.425. The number of allylic oxidation sites excluding steroid dienone is 2. The summed E-state index contributed by atoms with van der Waals surface area (Å²) in [6.45, 7) is 2.18. The van der Waals surface area contributed by atoms with Gasteiger partial charge in [-0.05, 0) is 42.0 Å². The van der Waals surface area contributed by atoms with E-state index in [2.05, 4.69) is 54.7 Å². The van der Waals surface area contributed by atoms with Crippen molar-refractivity contribution in [3.05, 3.63) is 76.3 Å². The van der Waals surface area contributed by atoms with Gasteiger partial charge in [0.05, 0.1) is 6.04 Å². The minimum absolute atomic E-state index is 0.285. The molecule has 21 heavy (non-hydrogen) atoms. The Morgan fingerprint density at radius 2 is 1.86 bits per heavy atom. The molecule has 1 nitrogen and oxygen atoms in total. The van der Waals surface area contributed by atoms with Gasteiger partial charge in [-0.25, -0.2) is 0 Å². The third kappa shape index (κ3) is 1.99. The van der Waals surface area contributed by atoms with Crippen LogP contribution in [0.25, 0.3) is 0 Å². The molecule has 3 atom stereocenters. The van der Waals surface area contributed by atoms with Crippen LogP contribution < -0.4 is 5.32 Å². The summed E-state index contributed by atoms with van der Waals surface area (Å²) in [4.78, 5) is 0. The summed E-state index contributed by atoms with van der Waals surface area (Å²) in [5.41, 5.74) is 5.24. The highest BCUT2D eigenvalue weighted by atomic mass is 35.5. The van der Waals surface area contributed by atoms with E-state index in [1.807, 2.05) is 12.1 Å². The van der Waals surface area contributed by atoms with Crippen LogP contribution >= 0.6 is 11.6 Å². The molecular weight excluding hydrogens is 278 g/mol. The Labute approximate surface area is 130 Å². The van der Waals surface area contributed by atoms with Crippen LogP contribution in [-0.4, -0.2) is 0 Å². The second kappa shape index (κ2) is 4.92. The van der Waals surface area contributed by atoms with E-state index >= 15 is 0 Å². The van der Waals surface area contributed by atoms with Crippen molar-refractivity contribution < 1.29 is 0 Å². The molecule has 106 valence electrons. The van der Waals surface area contributed by atoms with E-state index in [9.17, 15) is 0 Å². The van der Waals surface area contributed by atoms with Crippen LogP contribution in [0.5, 0.6) is 0 Å². The van der Waals surface area contributed by atoms with E-state index in [1.165, 1.54) is 22.4 Å². The molecule has 2 aliphatic rings. The van der Waals surface area contributed by atoms with Crippen molar-refractivity contribution >= 4 is 17.3 Å². The van der Waals surface area contributed by atoms with Crippen LogP contribution in [0, 0.1) is 12.8 Å². The average molecular weight is 296 g/mol. The van der Waals surface area contributed by atoms with Crippen molar-refractivity contribution in [3.63, 3.8) is 0 Å². The number of fused-ring (bicyclic) bond motifs is 3. The largest absolute Gasteiger partial charge is 0.377 e. The molecule has 1 aliphatic carbocycles. The molecule has 4 rings (SSSR count). The zero-order valence-electron chi connectivity index (χ0n) is 12.0. The lowest BCUT2D eigenvalue weighted by Gasteiger charge is -2.38. The molecule has 2 aromatic rings. The zero-order valence-corrected chi connectivity index (χ0v) is 12.8. The first-order valence-electron chi connectivity index (χ1n) is 7.53. The molecule has 0 unspecified atom stereocenters. The van der Waals surface area contributed by atoms with E-state index in [1.54, 1.807) is 0 Å². The van der Waals surface area contributed by atoms with Crippen molar-refractivity contribution in [1.29, 1.82) is 0 Å². The summed E-state index contributed by atoms with van der Waals surface area (Å²) in [6.07, 6.45) is 5.80. The summed E-state index contributed by atoms with van der Waals surface area (Å²) in [5, 5.41) is 4.63. The maximum Gasteiger partial charge on any atom is 0.0568 e. The Balaban J connectivity index is 1.85. The third-order valence-electron chi connectivity index (χ3n) is 4.85. The van der Waals surface area contributed by atoms with Gasteiger partial charge in [0, 0.05) is 16.6 Å². The third-order valence-corrected chi connectivity index (χ3v) is 5.19. The van der Waals surface area contributed by atoms with Crippen molar-refractivity contribution in [1.82, 2.24) is 0 Å². The minimum Gasteiger partial charge on any atom is -0.377 e. The smallest absolute Gasteiger partial charge is 0.0568 e. The summed E-state index contributed by atoms with van der Waals surface area (Å²) in [7, 11) is 0. The summed E-state index contributed by atoms with van der Waals surface area (Å²) < 4.78 is 0. The van der Waals surface area contributed by atoms with Gasteiger partial charge in [-0.3, -0.25) is 0 Å². The number of rotatable bonds is 1. The topological polar surface area (TPSA) is 12.0 Å². The Hall–Kier alpha value is -1.73. The first-order chi connectivity index (χ1) is 10.3. The maximum atomic E-state index is 6.45. The van der Waals surface area contributed by atoms with Crippen LogP contribution in [0.15, 0.2) is 54.6 Å². The number of para-hydroxylation sites is 1. The number of nitrogens with one attached hydrogen (secondary N) is 1. The lowest BCUT2D eigenvalue weighted by Crippen LogP contribution is -2.29. The van der Waals surface area contributed by atoms with Crippen LogP contribution in [0.2, 0.25) is 5.02 Å². The van der Waals surface area contributed by atoms with E-state index < -0.39 is 0 Å². The molecule has 0 amide bonds. The van der Waals surface area contributed by atoms with Crippen LogP contribution in [-0.2, 0) is 0 Å². The van der Waals surface area contributed by atoms with Gasteiger partial charge in [0.2, 0.25) is 0 Å². The van der Waals surface area contributed by atoms with E-state index in [0.29, 0.717) is 11.8 Å². The highest BCUT2D eigenvalue weighted by molar-refractivity contribution is 6.31. The van der Waals surface area contributed by atoms with Gasteiger partial charge in [0.25, 0.3) is 0 Å². The molecular formula is C19H18ClN. The molecule has 1 aliphatic heterocycles. The number of aryl methyl sites for hydroxylation is 1. The average Bonchev–Trinajstić information content (AvgIpc) is 2.97. The fourth-order valence-corrected chi connectivity index (χ4v) is 4.07. The summed E-state index contributed by atoms with van der Waals surface area (Å²) >= 11 is 6.45. The minimum atomic E-state index is 0.285. The molecule has 2 heteroatoms. The van der Waals surface area contributed by atoms with Crippen LogP contribution in [0.1, 0.15) is 35.1 Å². The van der Waals surface area contributed by atoms with E-state index in [-0.39, 0.29) is 6.04 Å². The van der Waals surface area contributed by atoms with Gasteiger partial charge in [0.1, 0.15) is 0 Å². The zero-order chi connectivity index (χ0) is 14.4. The summed E-state index contributed by atoms with van der Waals surface area (Å²) in [5.74, 6) is 1.06.